The number of nitrogens with one attached hydrogen (secondary N) is 1. The summed E-state index contributed by atoms with van der Waals surface area (Å²) >= 11 is 2.03. The summed E-state index contributed by atoms with van der Waals surface area (Å²) in [5, 5.41) is 3.41. The van der Waals surface area contributed by atoms with E-state index < -0.39 is 0 Å². The molecule has 19 heavy (non-hydrogen) atoms. The molecule has 1 N–H and O–H groups in total. The second-order valence-electron chi connectivity index (χ2n) is 5.11. The van der Waals surface area contributed by atoms with Crippen LogP contribution in [0.4, 0.5) is 11.6 Å². The molecule has 1 aromatic rings. The minimum Gasteiger partial charge on any atom is -0.370 e. The Morgan fingerprint density at radius 2 is 2.16 bits per heavy atom. The van der Waals surface area contributed by atoms with Gasteiger partial charge in [-0.2, -0.15) is 11.8 Å². The third-order valence-corrected chi connectivity index (χ3v) is 4.60. The second kappa shape index (κ2) is 6.46. The second-order valence-corrected chi connectivity index (χ2v) is 6.26. The fourth-order valence-corrected chi connectivity index (χ4v) is 3.36. The Balaban J connectivity index is 2.30. The van der Waals surface area contributed by atoms with Gasteiger partial charge in [-0.1, -0.05) is 6.92 Å². The third-order valence-electron chi connectivity index (χ3n) is 3.41. The highest BCUT2D eigenvalue weighted by Crippen LogP contribution is 2.28. The van der Waals surface area contributed by atoms with E-state index in [0.29, 0.717) is 6.04 Å². The van der Waals surface area contributed by atoms with Gasteiger partial charge < -0.3 is 10.2 Å². The molecule has 0 spiro atoms. The van der Waals surface area contributed by atoms with E-state index in [9.17, 15) is 0 Å². The van der Waals surface area contributed by atoms with Crippen molar-refractivity contribution >= 4 is 23.4 Å². The highest BCUT2D eigenvalue weighted by Gasteiger charge is 2.23. The van der Waals surface area contributed by atoms with E-state index in [1.807, 2.05) is 18.7 Å². The lowest BCUT2D eigenvalue weighted by molar-refractivity contribution is 0.683. The molecule has 1 aromatic heterocycles. The molecular formula is C14H24N4S. The Morgan fingerprint density at radius 3 is 2.84 bits per heavy atom. The van der Waals surface area contributed by atoms with Gasteiger partial charge in [-0.05, 0) is 27.2 Å². The van der Waals surface area contributed by atoms with E-state index >= 15 is 0 Å². The molecule has 1 fully saturated rings. The molecule has 0 aliphatic carbocycles. The van der Waals surface area contributed by atoms with Gasteiger partial charge in [0.15, 0.2) is 0 Å². The van der Waals surface area contributed by atoms with Crippen LogP contribution in [0.2, 0.25) is 0 Å². The highest BCUT2D eigenvalue weighted by molar-refractivity contribution is 7.99. The average Bonchev–Trinajstić information content (AvgIpc) is 2.40. The molecule has 2 heterocycles. The minimum atomic E-state index is 0.547. The molecular weight excluding hydrogens is 256 g/mol. The molecule has 1 aliphatic rings. The van der Waals surface area contributed by atoms with Gasteiger partial charge in [-0.25, -0.2) is 9.97 Å². The molecule has 1 saturated heterocycles. The number of aromatic nitrogens is 2. The van der Waals surface area contributed by atoms with E-state index in [4.69, 9.17) is 0 Å². The smallest absolute Gasteiger partial charge is 0.137 e. The average molecular weight is 280 g/mol. The fourth-order valence-electron chi connectivity index (χ4n) is 2.35. The summed E-state index contributed by atoms with van der Waals surface area (Å²) in [7, 11) is 0. The maximum atomic E-state index is 4.68. The SMILES string of the molecule is CCCNc1nc(C)nc(N2CCSCC2C)c1C. The molecule has 2 rings (SSSR count). The summed E-state index contributed by atoms with van der Waals surface area (Å²) in [6.45, 7) is 10.6. The maximum Gasteiger partial charge on any atom is 0.137 e. The zero-order chi connectivity index (χ0) is 13.8. The molecule has 0 bridgehead atoms. The van der Waals surface area contributed by atoms with Gasteiger partial charge in [-0.3, -0.25) is 0 Å². The first-order valence-electron chi connectivity index (χ1n) is 7.07. The number of hydrogen-bond acceptors (Lipinski definition) is 5. The van der Waals surface area contributed by atoms with Gasteiger partial charge in [0.1, 0.15) is 17.5 Å². The van der Waals surface area contributed by atoms with Crippen molar-refractivity contribution in [1.29, 1.82) is 0 Å². The van der Waals surface area contributed by atoms with Crippen molar-refractivity contribution in [3.63, 3.8) is 0 Å². The molecule has 106 valence electrons. The quantitative estimate of drug-likeness (QED) is 0.918. The summed E-state index contributed by atoms with van der Waals surface area (Å²) < 4.78 is 0. The van der Waals surface area contributed by atoms with Crippen LogP contribution in [0.25, 0.3) is 0 Å². The van der Waals surface area contributed by atoms with Crippen LogP contribution in [-0.2, 0) is 0 Å². The summed E-state index contributed by atoms with van der Waals surface area (Å²) in [5.41, 5.74) is 1.18. The first kappa shape index (κ1) is 14.4. The number of nitrogens with zero attached hydrogens (tertiary/aromatic N) is 3. The van der Waals surface area contributed by atoms with Crippen molar-refractivity contribution in [2.75, 3.05) is 34.8 Å². The molecule has 1 unspecified atom stereocenters. The molecule has 5 heteroatoms. The molecule has 1 aliphatic heterocycles. The van der Waals surface area contributed by atoms with E-state index in [1.54, 1.807) is 0 Å². The van der Waals surface area contributed by atoms with Crippen molar-refractivity contribution < 1.29 is 0 Å². The van der Waals surface area contributed by atoms with E-state index in [1.165, 1.54) is 17.1 Å². The van der Waals surface area contributed by atoms with Crippen LogP contribution in [0.3, 0.4) is 0 Å². The van der Waals surface area contributed by atoms with E-state index in [0.717, 1.165) is 37.0 Å². The number of aryl methyl sites for hydroxylation is 1. The number of thioether (sulfide) groups is 1. The van der Waals surface area contributed by atoms with Crippen LogP contribution < -0.4 is 10.2 Å². The summed E-state index contributed by atoms with van der Waals surface area (Å²) in [5.74, 6) is 5.32. The first-order valence-corrected chi connectivity index (χ1v) is 8.22. The molecule has 0 amide bonds. The monoisotopic (exact) mass is 280 g/mol. The molecule has 0 aromatic carbocycles. The van der Waals surface area contributed by atoms with E-state index in [2.05, 4.69) is 41.0 Å². The van der Waals surface area contributed by atoms with Crippen molar-refractivity contribution in [3.8, 4) is 0 Å². The van der Waals surface area contributed by atoms with Crippen LogP contribution in [-0.4, -0.2) is 40.6 Å². The van der Waals surface area contributed by atoms with Crippen molar-refractivity contribution in [1.82, 2.24) is 9.97 Å². The first-order chi connectivity index (χ1) is 9.13. The Kier molecular flexibility index (Phi) is 4.91. The fraction of sp³-hybridized carbons (Fsp3) is 0.714. The summed E-state index contributed by atoms with van der Waals surface area (Å²) in [6, 6.07) is 0.547. The molecule has 0 radical (unpaired) electrons. The van der Waals surface area contributed by atoms with Crippen LogP contribution in [0.5, 0.6) is 0 Å². The van der Waals surface area contributed by atoms with Gasteiger partial charge >= 0.3 is 0 Å². The largest absolute Gasteiger partial charge is 0.370 e. The van der Waals surface area contributed by atoms with Crippen LogP contribution in [0.15, 0.2) is 0 Å². The zero-order valence-corrected chi connectivity index (χ0v) is 13.2. The van der Waals surface area contributed by atoms with Crippen LogP contribution >= 0.6 is 11.8 Å². The van der Waals surface area contributed by atoms with Gasteiger partial charge in [0.25, 0.3) is 0 Å². The normalized spacial score (nSPS) is 19.6. The topological polar surface area (TPSA) is 41.1 Å². The van der Waals surface area contributed by atoms with Gasteiger partial charge in [0.2, 0.25) is 0 Å². The highest BCUT2D eigenvalue weighted by atomic mass is 32.2. The molecule has 1 atom stereocenters. The number of hydrogen-bond donors (Lipinski definition) is 1. The number of anilines is 2. The lowest BCUT2D eigenvalue weighted by Gasteiger charge is -2.35. The van der Waals surface area contributed by atoms with Gasteiger partial charge in [0.05, 0.1) is 0 Å². The van der Waals surface area contributed by atoms with E-state index in [-0.39, 0.29) is 0 Å². The van der Waals surface area contributed by atoms with Crippen molar-refractivity contribution in [2.24, 2.45) is 0 Å². The maximum absolute atomic E-state index is 4.68. The van der Waals surface area contributed by atoms with Crippen molar-refractivity contribution in [3.05, 3.63) is 11.4 Å². The van der Waals surface area contributed by atoms with Crippen LogP contribution in [0.1, 0.15) is 31.7 Å². The lowest BCUT2D eigenvalue weighted by Crippen LogP contribution is -2.41. The predicted molar refractivity (Wildman–Crippen MR) is 84.4 cm³/mol. The minimum absolute atomic E-state index is 0.547. The Bertz CT molecular complexity index is 436. The third kappa shape index (κ3) is 3.32. The van der Waals surface area contributed by atoms with Gasteiger partial charge in [-0.15, -0.1) is 0 Å². The predicted octanol–water partition coefficient (Wildman–Crippen LogP) is 2.86. The lowest BCUT2D eigenvalue weighted by atomic mass is 10.2. The van der Waals surface area contributed by atoms with Crippen molar-refractivity contribution in [2.45, 2.75) is 40.2 Å². The Morgan fingerprint density at radius 1 is 1.37 bits per heavy atom. The molecule has 4 nitrogen and oxygen atoms in total. The molecule has 0 saturated carbocycles. The summed E-state index contributed by atoms with van der Waals surface area (Å²) in [6.07, 6.45) is 1.11. The Hall–Kier alpha value is -0.970. The summed E-state index contributed by atoms with van der Waals surface area (Å²) in [4.78, 5) is 11.6. The zero-order valence-electron chi connectivity index (χ0n) is 12.4. The van der Waals surface area contributed by atoms with Gasteiger partial charge in [0, 0.05) is 36.2 Å². The Labute approximate surface area is 120 Å². The standard InChI is InChI=1S/C14H24N4S/c1-5-6-15-13-11(3)14(17-12(4)16-13)18-7-8-19-9-10(18)2/h10H,5-9H2,1-4H3,(H,15,16,17). The van der Waals surface area contributed by atoms with Crippen LogP contribution in [0, 0.1) is 13.8 Å². The number of rotatable bonds is 4.